The molecule has 0 aromatic rings. The third kappa shape index (κ3) is 1.61. The molecule has 7 heavy (non-hydrogen) atoms. The molecular formula is C6H8O. The van der Waals surface area contributed by atoms with Crippen LogP contribution in [-0.2, 0) is 4.74 Å². The van der Waals surface area contributed by atoms with Crippen molar-refractivity contribution in [2.75, 3.05) is 6.61 Å². The van der Waals surface area contributed by atoms with Gasteiger partial charge in [-0.05, 0) is 6.92 Å². The van der Waals surface area contributed by atoms with Crippen molar-refractivity contribution in [1.82, 2.24) is 0 Å². The Kier molecular flexibility index (Phi) is 1.33. The lowest BCUT2D eigenvalue weighted by Crippen LogP contribution is -1.77. The highest BCUT2D eigenvalue weighted by atomic mass is 16.6. The lowest BCUT2D eigenvalue weighted by molar-refractivity contribution is 0.412. The van der Waals surface area contributed by atoms with Gasteiger partial charge in [0.1, 0.15) is 0 Å². The van der Waals surface area contributed by atoms with E-state index in [2.05, 4.69) is 11.8 Å². The Morgan fingerprint density at radius 1 is 1.86 bits per heavy atom. The zero-order chi connectivity index (χ0) is 5.11. The molecule has 0 saturated carbocycles. The number of rotatable bonds is 1. The van der Waals surface area contributed by atoms with Crippen molar-refractivity contribution < 1.29 is 4.74 Å². The molecule has 0 radical (unpaired) electrons. The second-order valence-corrected chi connectivity index (χ2v) is 1.59. The van der Waals surface area contributed by atoms with Gasteiger partial charge in [-0.1, -0.05) is 0 Å². The van der Waals surface area contributed by atoms with Crippen LogP contribution in [0.5, 0.6) is 0 Å². The van der Waals surface area contributed by atoms with Crippen molar-refractivity contribution in [3.05, 3.63) is 0 Å². The number of epoxide rings is 1. The maximum Gasteiger partial charge on any atom is 0.0918 e. The van der Waals surface area contributed by atoms with Crippen molar-refractivity contribution in [2.45, 2.75) is 19.4 Å². The molecule has 0 aliphatic carbocycles. The van der Waals surface area contributed by atoms with Gasteiger partial charge < -0.3 is 4.74 Å². The first-order chi connectivity index (χ1) is 3.43. The number of hydrogen-bond acceptors (Lipinski definition) is 1. The van der Waals surface area contributed by atoms with Gasteiger partial charge in [0.2, 0.25) is 0 Å². The predicted octanol–water partition coefficient (Wildman–Crippen LogP) is 0.799. The molecule has 0 amide bonds. The molecule has 1 saturated heterocycles. The van der Waals surface area contributed by atoms with Crippen LogP contribution in [0.15, 0.2) is 0 Å². The van der Waals surface area contributed by atoms with E-state index in [0.717, 1.165) is 13.0 Å². The van der Waals surface area contributed by atoms with Gasteiger partial charge in [0, 0.05) is 6.42 Å². The summed E-state index contributed by atoms with van der Waals surface area (Å²) in [5, 5.41) is 0. The minimum Gasteiger partial charge on any atom is -0.372 e. The molecule has 1 heteroatoms. The second kappa shape index (κ2) is 1.99. The Labute approximate surface area is 43.7 Å². The molecule has 38 valence electrons. The highest BCUT2D eigenvalue weighted by Crippen LogP contribution is 2.11. The molecular weight excluding hydrogens is 88.1 g/mol. The standard InChI is InChI=1S/C6H8O/c1-2-3-4-6-5-7-6/h6H,4-5H2,1H3. The molecule has 0 aromatic heterocycles. The van der Waals surface area contributed by atoms with E-state index < -0.39 is 0 Å². The van der Waals surface area contributed by atoms with Crippen molar-refractivity contribution >= 4 is 0 Å². The summed E-state index contributed by atoms with van der Waals surface area (Å²) in [5.41, 5.74) is 0. The topological polar surface area (TPSA) is 12.5 Å². The fraction of sp³-hybridized carbons (Fsp3) is 0.667. The van der Waals surface area contributed by atoms with Crippen LogP contribution in [0.4, 0.5) is 0 Å². The van der Waals surface area contributed by atoms with Crippen molar-refractivity contribution in [3.63, 3.8) is 0 Å². The summed E-state index contributed by atoms with van der Waals surface area (Å²) in [6.07, 6.45) is 1.41. The molecule has 0 bridgehead atoms. The van der Waals surface area contributed by atoms with Gasteiger partial charge >= 0.3 is 0 Å². The summed E-state index contributed by atoms with van der Waals surface area (Å²) in [6.45, 7) is 2.77. The van der Waals surface area contributed by atoms with Crippen molar-refractivity contribution in [2.24, 2.45) is 0 Å². The molecule has 1 heterocycles. The first-order valence-corrected chi connectivity index (χ1v) is 2.44. The fourth-order valence-corrected chi connectivity index (χ4v) is 0.402. The second-order valence-electron chi connectivity index (χ2n) is 1.59. The van der Waals surface area contributed by atoms with Gasteiger partial charge in [0.15, 0.2) is 0 Å². The van der Waals surface area contributed by atoms with E-state index >= 15 is 0 Å². The third-order valence-corrected chi connectivity index (χ3v) is 0.909. The molecule has 1 aliphatic rings. The van der Waals surface area contributed by atoms with Gasteiger partial charge in [0.25, 0.3) is 0 Å². The van der Waals surface area contributed by atoms with Crippen molar-refractivity contribution in [1.29, 1.82) is 0 Å². The summed E-state index contributed by atoms with van der Waals surface area (Å²) in [5.74, 6) is 5.74. The Balaban J connectivity index is 2.05. The number of ether oxygens (including phenoxy) is 1. The van der Waals surface area contributed by atoms with Crippen LogP contribution in [-0.4, -0.2) is 12.7 Å². The van der Waals surface area contributed by atoms with Crippen LogP contribution < -0.4 is 0 Å². The molecule has 0 aromatic carbocycles. The summed E-state index contributed by atoms with van der Waals surface area (Å²) < 4.78 is 4.91. The Morgan fingerprint density at radius 3 is 3.00 bits per heavy atom. The zero-order valence-corrected chi connectivity index (χ0v) is 4.40. The van der Waals surface area contributed by atoms with E-state index in [1.54, 1.807) is 0 Å². The molecule has 1 rings (SSSR count). The monoisotopic (exact) mass is 96.1 g/mol. The smallest absolute Gasteiger partial charge is 0.0918 e. The summed E-state index contributed by atoms with van der Waals surface area (Å²) >= 11 is 0. The van der Waals surface area contributed by atoms with Crippen LogP contribution in [0.1, 0.15) is 13.3 Å². The van der Waals surface area contributed by atoms with Gasteiger partial charge in [-0.3, -0.25) is 0 Å². The molecule has 1 nitrogen and oxygen atoms in total. The average molecular weight is 96.1 g/mol. The molecule has 0 N–H and O–H groups in total. The minimum absolute atomic E-state index is 0.479. The first-order valence-electron chi connectivity index (χ1n) is 2.44. The molecule has 0 spiro atoms. The zero-order valence-electron chi connectivity index (χ0n) is 4.40. The summed E-state index contributed by atoms with van der Waals surface area (Å²) in [6, 6.07) is 0. The van der Waals surface area contributed by atoms with Gasteiger partial charge in [-0.15, -0.1) is 11.8 Å². The summed E-state index contributed by atoms with van der Waals surface area (Å²) in [7, 11) is 0. The number of hydrogen-bond donors (Lipinski definition) is 0. The normalized spacial score (nSPS) is 25.6. The Bertz CT molecular complexity index is 103. The summed E-state index contributed by atoms with van der Waals surface area (Å²) in [4.78, 5) is 0. The molecule has 1 unspecified atom stereocenters. The maximum atomic E-state index is 4.91. The van der Waals surface area contributed by atoms with Crippen LogP contribution in [0.2, 0.25) is 0 Å². The molecule has 1 aliphatic heterocycles. The lowest BCUT2D eigenvalue weighted by atomic mass is 10.3. The van der Waals surface area contributed by atoms with Crippen LogP contribution in [0.3, 0.4) is 0 Å². The largest absolute Gasteiger partial charge is 0.372 e. The van der Waals surface area contributed by atoms with Crippen LogP contribution >= 0.6 is 0 Å². The third-order valence-electron chi connectivity index (χ3n) is 0.909. The van der Waals surface area contributed by atoms with E-state index in [1.807, 2.05) is 6.92 Å². The van der Waals surface area contributed by atoms with E-state index in [-0.39, 0.29) is 0 Å². The SMILES string of the molecule is CC#CCC1CO1. The van der Waals surface area contributed by atoms with Crippen LogP contribution in [0, 0.1) is 11.8 Å². The Hall–Kier alpha value is -0.480. The minimum atomic E-state index is 0.479. The van der Waals surface area contributed by atoms with E-state index in [4.69, 9.17) is 4.74 Å². The highest BCUT2D eigenvalue weighted by Gasteiger charge is 2.19. The van der Waals surface area contributed by atoms with E-state index in [9.17, 15) is 0 Å². The Morgan fingerprint density at radius 2 is 2.57 bits per heavy atom. The van der Waals surface area contributed by atoms with Crippen LogP contribution in [0.25, 0.3) is 0 Å². The predicted molar refractivity (Wildman–Crippen MR) is 27.8 cm³/mol. The van der Waals surface area contributed by atoms with Crippen molar-refractivity contribution in [3.8, 4) is 11.8 Å². The average Bonchev–Trinajstić information content (AvgIpc) is 2.42. The van der Waals surface area contributed by atoms with Gasteiger partial charge in [-0.25, -0.2) is 0 Å². The van der Waals surface area contributed by atoms with E-state index in [1.165, 1.54) is 0 Å². The van der Waals surface area contributed by atoms with Gasteiger partial charge in [0.05, 0.1) is 12.7 Å². The quantitative estimate of drug-likeness (QED) is 0.347. The molecule has 1 atom stereocenters. The lowest BCUT2D eigenvalue weighted by Gasteiger charge is -1.72. The maximum absolute atomic E-state index is 4.91. The fourth-order valence-electron chi connectivity index (χ4n) is 0.402. The van der Waals surface area contributed by atoms with Gasteiger partial charge in [-0.2, -0.15) is 0 Å². The van der Waals surface area contributed by atoms with E-state index in [0.29, 0.717) is 6.10 Å². The highest BCUT2D eigenvalue weighted by molar-refractivity contribution is 4.98. The molecule has 1 fully saturated rings. The first kappa shape index (κ1) is 4.67.